The van der Waals surface area contributed by atoms with Gasteiger partial charge in [-0.25, -0.2) is 4.68 Å². The molecule has 0 radical (unpaired) electrons. The van der Waals surface area contributed by atoms with Gasteiger partial charge >= 0.3 is 6.18 Å². The molecule has 0 fully saturated rings. The maximum absolute atomic E-state index is 12.5. The van der Waals surface area contributed by atoms with Crippen molar-refractivity contribution in [2.75, 3.05) is 13.6 Å². The van der Waals surface area contributed by atoms with E-state index >= 15 is 0 Å². The highest BCUT2D eigenvalue weighted by atomic mass is 35.5. The van der Waals surface area contributed by atoms with Crippen LogP contribution in [-0.4, -0.2) is 40.4 Å². The highest BCUT2D eigenvalue weighted by Gasteiger charge is 2.33. The van der Waals surface area contributed by atoms with Crippen LogP contribution >= 0.6 is 11.6 Å². The summed E-state index contributed by atoms with van der Waals surface area (Å²) in [4.78, 5) is 12.9. The topological polar surface area (TPSA) is 38.1 Å². The van der Waals surface area contributed by atoms with Crippen molar-refractivity contribution < 1.29 is 18.0 Å². The number of hydrogen-bond acceptors (Lipinski definition) is 2. The van der Waals surface area contributed by atoms with Gasteiger partial charge in [-0.15, -0.1) is 0 Å². The third-order valence-electron chi connectivity index (χ3n) is 3.50. The minimum Gasteiger partial charge on any atom is -0.332 e. The summed E-state index contributed by atoms with van der Waals surface area (Å²) >= 11 is 6.19. The van der Waals surface area contributed by atoms with Crippen LogP contribution in [0.25, 0.3) is 0 Å². The second-order valence-electron chi connectivity index (χ2n) is 5.67. The highest BCUT2D eigenvalue weighted by Crippen LogP contribution is 2.24. The third kappa shape index (κ3) is 4.29. The molecular weight excluding hydrogens is 343 g/mol. The molecule has 1 aromatic heterocycles. The molecule has 1 heterocycles. The Morgan fingerprint density at radius 1 is 1.25 bits per heavy atom. The number of hydrogen-bond donors (Lipinski definition) is 0. The van der Waals surface area contributed by atoms with E-state index in [1.807, 2.05) is 31.2 Å². The maximum atomic E-state index is 12.5. The first kappa shape index (κ1) is 18.3. The first-order valence-electron chi connectivity index (χ1n) is 7.19. The van der Waals surface area contributed by atoms with Crippen molar-refractivity contribution in [1.82, 2.24) is 14.7 Å². The molecule has 0 atom stereocenters. The number of nitrogens with zero attached hydrogens (tertiary/aromatic N) is 3. The molecule has 0 unspecified atom stereocenters. The molecule has 0 saturated carbocycles. The van der Waals surface area contributed by atoms with Crippen molar-refractivity contribution in [3.05, 3.63) is 51.8 Å². The molecular formula is C16H17ClF3N3O. The first-order chi connectivity index (χ1) is 11.1. The van der Waals surface area contributed by atoms with Crippen LogP contribution < -0.4 is 0 Å². The predicted octanol–water partition coefficient (Wildman–Crippen LogP) is 3.84. The van der Waals surface area contributed by atoms with Crippen LogP contribution in [0.2, 0.25) is 5.15 Å². The predicted molar refractivity (Wildman–Crippen MR) is 85.3 cm³/mol. The normalized spacial score (nSPS) is 11.6. The summed E-state index contributed by atoms with van der Waals surface area (Å²) in [7, 11) is 1.09. The number of aromatic nitrogens is 2. The largest absolute Gasteiger partial charge is 0.406 e. The Labute approximate surface area is 142 Å². The van der Waals surface area contributed by atoms with Gasteiger partial charge in [0.15, 0.2) is 0 Å². The third-order valence-corrected chi connectivity index (χ3v) is 3.88. The zero-order chi connectivity index (χ0) is 18.1. The van der Waals surface area contributed by atoms with Gasteiger partial charge in [0.1, 0.15) is 11.7 Å². The Balaban J connectivity index is 2.25. The molecule has 4 nitrogen and oxygen atoms in total. The fourth-order valence-corrected chi connectivity index (χ4v) is 2.61. The Bertz CT molecular complexity index is 738. The fourth-order valence-electron chi connectivity index (χ4n) is 2.30. The number of benzene rings is 1. The van der Waals surface area contributed by atoms with Crippen LogP contribution in [0, 0.1) is 13.8 Å². The molecule has 0 saturated heterocycles. The van der Waals surface area contributed by atoms with Crippen molar-refractivity contribution >= 4 is 17.5 Å². The molecule has 130 valence electrons. The summed E-state index contributed by atoms with van der Waals surface area (Å²) in [6, 6.07) is 7.67. The summed E-state index contributed by atoms with van der Waals surface area (Å²) in [6.07, 6.45) is -4.47. The Kier molecular flexibility index (Phi) is 5.22. The van der Waals surface area contributed by atoms with Gasteiger partial charge in [-0.2, -0.15) is 18.3 Å². The minimum absolute atomic E-state index is 0.00414. The summed E-state index contributed by atoms with van der Waals surface area (Å²) in [5.41, 5.74) is 2.32. The Morgan fingerprint density at radius 3 is 2.38 bits per heavy atom. The highest BCUT2D eigenvalue weighted by molar-refractivity contribution is 6.33. The SMILES string of the molecule is Cc1ccc(Cn2nc(C)c(C(=O)N(C)CC(F)(F)F)c2Cl)cc1. The van der Waals surface area contributed by atoms with E-state index in [0.717, 1.165) is 18.2 Å². The van der Waals surface area contributed by atoms with Gasteiger partial charge in [0.2, 0.25) is 0 Å². The van der Waals surface area contributed by atoms with Crippen molar-refractivity contribution in [2.45, 2.75) is 26.6 Å². The van der Waals surface area contributed by atoms with E-state index in [9.17, 15) is 18.0 Å². The molecule has 2 rings (SSSR count). The number of amides is 1. The number of carbonyl (C=O) groups is 1. The van der Waals surface area contributed by atoms with Gasteiger partial charge in [0, 0.05) is 7.05 Å². The van der Waals surface area contributed by atoms with E-state index < -0.39 is 18.6 Å². The fraction of sp³-hybridized carbons (Fsp3) is 0.375. The zero-order valence-corrected chi connectivity index (χ0v) is 14.2. The molecule has 1 amide bonds. The van der Waals surface area contributed by atoms with Crippen LogP contribution in [0.5, 0.6) is 0 Å². The lowest BCUT2D eigenvalue weighted by Gasteiger charge is -2.18. The molecule has 0 aliphatic carbocycles. The standard InChI is InChI=1S/C16H17ClF3N3O/c1-10-4-6-12(7-5-10)8-23-14(17)13(11(2)21-23)15(24)22(3)9-16(18,19)20/h4-7H,8-9H2,1-3H3. The van der Waals surface area contributed by atoms with Gasteiger partial charge in [-0.05, 0) is 19.4 Å². The Hall–Kier alpha value is -2.02. The smallest absolute Gasteiger partial charge is 0.332 e. The van der Waals surface area contributed by atoms with Crippen LogP contribution in [0.4, 0.5) is 13.2 Å². The molecule has 0 N–H and O–H groups in total. The number of rotatable bonds is 4. The molecule has 0 bridgehead atoms. The first-order valence-corrected chi connectivity index (χ1v) is 7.57. The number of alkyl halides is 3. The lowest BCUT2D eigenvalue weighted by Crippen LogP contribution is -2.36. The summed E-state index contributed by atoms with van der Waals surface area (Å²) in [6.45, 7) is 2.50. The number of aryl methyl sites for hydroxylation is 2. The van der Waals surface area contributed by atoms with E-state index in [-0.39, 0.29) is 10.7 Å². The maximum Gasteiger partial charge on any atom is 0.406 e. The van der Waals surface area contributed by atoms with Crippen LogP contribution in [0.1, 0.15) is 27.2 Å². The minimum atomic E-state index is -4.47. The molecule has 0 spiro atoms. The summed E-state index contributed by atoms with van der Waals surface area (Å²) in [5, 5.41) is 4.22. The summed E-state index contributed by atoms with van der Waals surface area (Å²) < 4.78 is 38.8. The van der Waals surface area contributed by atoms with Gasteiger partial charge in [0.05, 0.1) is 17.8 Å². The molecule has 0 aliphatic heterocycles. The second-order valence-corrected chi connectivity index (χ2v) is 6.03. The lowest BCUT2D eigenvalue weighted by molar-refractivity contribution is -0.138. The molecule has 2 aromatic rings. The number of halogens is 4. The molecule has 8 heteroatoms. The van der Waals surface area contributed by atoms with Crippen molar-refractivity contribution in [3.8, 4) is 0 Å². The zero-order valence-electron chi connectivity index (χ0n) is 13.5. The average Bonchev–Trinajstić information content (AvgIpc) is 2.73. The van der Waals surface area contributed by atoms with Crippen LogP contribution in [0.3, 0.4) is 0 Å². The van der Waals surface area contributed by atoms with Gasteiger partial charge in [-0.3, -0.25) is 4.79 Å². The van der Waals surface area contributed by atoms with E-state index in [0.29, 0.717) is 17.1 Å². The number of carbonyl (C=O) groups excluding carboxylic acids is 1. The molecule has 24 heavy (non-hydrogen) atoms. The monoisotopic (exact) mass is 359 g/mol. The quantitative estimate of drug-likeness (QED) is 0.832. The summed E-state index contributed by atoms with van der Waals surface area (Å²) in [5.74, 6) is -0.801. The van der Waals surface area contributed by atoms with Crippen molar-refractivity contribution in [2.24, 2.45) is 0 Å². The Morgan fingerprint density at radius 2 is 1.83 bits per heavy atom. The van der Waals surface area contributed by atoms with E-state index in [2.05, 4.69) is 5.10 Å². The molecule has 0 aliphatic rings. The van der Waals surface area contributed by atoms with Gasteiger partial charge in [0.25, 0.3) is 5.91 Å². The van der Waals surface area contributed by atoms with E-state index in [1.165, 1.54) is 4.68 Å². The van der Waals surface area contributed by atoms with E-state index in [1.54, 1.807) is 6.92 Å². The van der Waals surface area contributed by atoms with Gasteiger partial charge < -0.3 is 4.90 Å². The van der Waals surface area contributed by atoms with Crippen molar-refractivity contribution in [3.63, 3.8) is 0 Å². The average molecular weight is 360 g/mol. The van der Waals surface area contributed by atoms with E-state index in [4.69, 9.17) is 11.6 Å². The van der Waals surface area contributed by atoms with Crippen LogP contribution in [0.15, 0.2) is 24.3 Å². The van der Waals surface area contributed by atoms with Gasteiger partial charge in [-0.1, -0.05) is 41.4 Å². The van der Waals surface area contributed by atoms with Crippen molar-refractivity contribution in [1.29, 1.82) is 0 Å². The lowest BCUT2D eigenvalue weighted by atomic mass is 10.1. The molecule has 1 aromatic carbocycles. The second kappa shape index (κ2) is 6.84. The van der Waals surface area contributed by atoms with Crippen LogP contribution in [-0.2, 0) is 6.54 Å².